The molecule has 108 valence electrons. The quantitative estimate of drug-likeness (QED) is 0.595. The van der Waals surface area contributed by atoms with Crippen molar-refractivity contribution < 1.29 is 0 Å². The number of hydrogen-bond donors (Lipinski definition) is 2. The summed E-state index contributed by atoms with van der Waals surface area (Å²) in [6.07, 6.45) is 0. The van der Waals surface area contributed by atoms with E-state index in [0.717, 1.165) is 22.6 Å². The zero-order valence-corrected chi connectivity index (χ0v) is 11.9. The summed E-state index contributed by atoms with van der Waals surface area (Å²) in [5.41, 5.74) is 4.59. The Kier molecular flexibility index (Phi) is 2.69. The van der Waals surface area contributed by atoms with Crippen LogP contribution in [0.1, 0.15) is 0 Å². The van der Waals surface area contributed by atoms with Gasteiger partial charge in [0.1, 0.15) is 0 Å². The molecule has 3 heterocycles. The fourth-order valence-corrected chi connectivity index (χ4v) is 2.52. The molecule has 0 spiro atoms. The Labute approximate surface area is 125 Å². The number of H-pyrrole nitrogens is 2. The first-order chi connectivity index (χ1) is 10.7. The number of benzene rings is 1. The molecule has 2 N–H and O–H groups in total. The minimum Gasteiger partial charge on any atom is -0.304 e. The first-order valence-electron chi connectivity index (χ1n) is 6.89. The number of nitrogens with zero attached hydrogens (tertiary/aromatic N) is 3. The number of hydrogen-bond acceptors (Lipinski definition) is 3. The molecule has 6 heteroatoms. The summed E-state index contributed by atoms with van der Waals surface area (Å²) in [5.74, 6) is 0. The molecule has 3 aromatic heterocycles. The van der Waals surface area contributed by atoms with Crippen LogP contribution in [0.15, 0.2) is 53.3 Å². The molecule has 0 radical (unpaired) electrons. The van der Waals surface area contributed by atoms with Crippen LogP contribution >= 0.6 is 0 Å². The molecule has 0 saturated heterocycles. The van der Waals surface area contributed by atoms with Crippen molar-refractivity contribution >= 4 is 11.2 Å². The smallest absolute Gasteiger partial charge is 0.304 e. The average Bonchev–Trinajstić information content (AvgIpc) is 3.09. The Balaban J connectivity index is 1.84. The number of aryl methyl sites for hydroxylation is 1. The van der Waals surface area contributed by atoms with Gasteiger partial charge in [-0.15, -0.1) is 0 Å². The molecule has 0 aliphatic carbocycles. The van der Waals surface area contributed by atoms with E-state index in [0.29, 0.717) is 11.2 Å². The van der Waals surface area contributed by atoms with Crippen LogP contribution in [0.4, 0.5) is 0 Å². The maximum Gasteiger partial charge on any atom is 0.325 e. The van der Waals surface area contributed by atoms with Crippen LogP contribution in [-0.2, 0) is 7.05 Å². The summed E-state index contributed by atoms with van der Waals surface area (Å²) in [6.45, 7) is 0. The lowest BCUT2D eigenvalue weighted by atomic mass is 10.1. The molecule has 22 heavy (non-hydrogen) atoms. The molecular weight excluding hydrogens is 278 g/mol. The minimum absolute atomic E-state index is 0.255. The molecule has 0 atom stereocenters. The Bertz CT molecular complexity index is 1010. The second-order valence-electron chi connectivity index (χ2n) is 5.08. The SMILES string of the molecule is Cn1nc(-c2ccccc2)cc1-c1ccc2[nH]c(=O)[nH]c2n1. The van der Waals surface area contributed by atoms with Crippen molar-refractivity contribution in [3.63, 3.8) is 0 Å². The summed E-state index contributed by atoms with van der Waals surface area (Å²) in [5, 5.41) is 4.54. The van der Waals surface area contributed by atoms with Gasteiger partial charge >= 0.3 is 5.69 Å². The normalized spacial score (nSPS) is 11.1. The van der Waals surface area contributed by atoms with Crippen molar-refractivity contribution in [1.29, 1.82) is 0 Å². The van der Waals surface area contributed by atoms with E-state index < -0.39 is 0 Å². The molecule has 6 nitrogen and oxygen atoms in total. The van der Waals surface area contributed by atoms with Gasteiger partial charge in [0.2, 0.25) is 0 Å². The second-order valence-corrected chi connectivity index (χ2v) is 5.08. The van der Waals surface area contributed by atoms with Crippen molar-refractivity contribution in [2.75, 3.05) is 0 Å². The van der Waals surface area contributed by atoms with Gasteiger partial charge in [0.25, 0.3) is 0 Å². The first-order valence-corrected chi connectivity index (χ1v) is 6.89. The second kappa shape index (κ2) is 4.70. The van der Waals surface area contributed by atoms with Gasteiger partial charge in [0.05, 0.1) is 22.6 Å². The maximum atomic E-state index is 11.3. The Hall–Kier alpha value is -3.15. The van der Waals surface area contributed by atoms with Crippen molar-refractivity contribution in [1.82, 2.24) is 24.7 Å². The van der Waals surface area contributed by atoms with E-state index in [1.54, 1.807) is 4.68 Å². The van der Waals surface area contributed by atoms with E-state index in [4.69, 9.17) is 0 Å². The van der Waals surface area contributed by atoms with Crippen LogP contribution < -0.4 is 5.69 Å². The Morgan fingerprint density at radius 2 is 1.82 bits per heavy atom. The third-order valence-electron chi connectivity index (χ3n) is 3.59. The van der Waals surface area contributed by atoms with Gasteiger partial charge in [0.15, 0.2) is 5.65 Å². The monoisotopic (exact) mass is 291 g/mol. The first kappa shape index (κ1) is 12.6. The topological polar surface area (TPSA) is 79.4 Å². The highest BCUT2D eigenvalue weighted by Gasteiger charge is 2.11. The number of aromatic amines is 2. The van der Waals surface area contributed by atoms with Gasteiger partial charge in [-0.2, -0.15) is 5.10 Å². The number of rotatable bonds is 2. The van der Waals surface area contributed by atoms with E-state index in [-0.39, 0.29) is 5.69 Å². The number of fused-ring (bicyclic) bond motifs is 1. The van der Waals surface area contributed by atoms with E-state index >= 15 is 0 Å². The number of imidazole rings is 1. The van der Waals surface area contributed by atoms with E-state index in [1.807, 2.05) is 55.6 Å². The molecule has 0 aliphatic heterocycles. The number of nitrogens with one attached hydrogen (secondary N) is 2. The van der Waals surface area contributed by atoms with Gasteiger partial charge in [-0.25, -0.2) is 9.78 Å². The zero-order valence-electron chi connectivity index (χ0n) is 11.9. The molecule has 0 saturated carbocycles. The van der Waals surface area contributed by atoms with Crippen LogP contribution in [0.5, 0.6) is 0 Å². The maximum absolute atomic E-state index is 11.3. The van der Waals surface area contributed by atoms with Crippen molar-refractivity contribution in [3.8, 4) is 22.6 Å². The van der Waals surface area contributed by atoms with Gasteiger partial charge in [-0.3, -0.25) is 9.67 Å². The van der Waals surface area contributed by atoms with Gasteiger partial charge < -0.3 is 4.98 Å². The van der Waals surface area contributed by atoms with Crippen LogP contribution in [0.2, 0.25) is 0 Å². The molecule has 0 fully saturated rings. The predicted octanol–water partition coefficient (Wildman–Crippen LogP) is 2.32. The molecule has 0 bridgehead atoms. The highest BCUT2D eigenvalue weighted by Crippen LogP contribution is 2.25. The molecular formula is C16H13N5O. The molecule has 0 aliphatic rings. The molecule has 1 aromatic carbocycles. The van der Waals surface area contributed by atoms with Crippen LogP contribution in [0, 0.1) is 0 Å². The van der Waals surface area contributed by atoms with Crippen LogP contribution in [0.25, 0.3) is 33.8 Å². The third kappa shape index (κ3) is 2.01. The third-order valence-corrected chi connectivity index (χ3v) is 3.59. The van der Waals surface area contributed by atoms with Crippen LogP contribution in [-0.4, -0.2) is 24.7 Å². The number of aromatic nitrogens is 5. The Morgan fingerprint density at radius 3 is 2.64 bits per heavy atom. The fraction of sp³-hybridized carbons (Fsp3) is 0.0625. The lowest BCUT2D eigenvalue weighted by molar-refractivity contribution is 0.777. The minimum atomic E-state index is -0.255. The van der Waals surface area contributed by atoms with Crippen LogP contribution in [0.3, 0.4) is 0 Å². The average molecular weight is 291 g/mol. The zero-order chi connectivity index (χ0) is 15.1. The highest BCUT2D eigenvalue weighted by molar-refractivity contribution is 5.75. The molecule has 0 amide bonds. The summed E-state index contributed by atoms with van der Waals surface area (Å²) in [4.78, 5) is 21.2. The summed E-state index contributed by atoms with van der Waals surface area (Å²) < 4.78 is 1.79. The number of pyridine rings is 1. The standard InChI is InChI=1S/C16H13N5O/c1-21-14(9-13(20-21)10-5-3-2-4-6-10)11-7-8-12-15(17-11)19-16(22)18-12/h2-9H,1H3,(H2,17,18,19,22). The van der Waals surface area contributed by atoms with Gasteiger partial charge in [0, 0.05) is 12.6 Å². The van der Waals surface area contributed by atoms with Crippen molar-refractivity contribution in [2.24, 2.45) is 7.05 Å². The summed E-state index contributed by atoms with van der Waals surface area (Å²) in [6, 6.07) is 15.7. The fourth-order valence-electron chi connectivity index (χ4n) is 2.52. The lowest BCUT2D eigenvalue weighted by Gasteiger charge is -2.00. The highest BCUT2D eigenvalue weighted by atomic mass is 16.1. The molecule has 0 unspecified atom stereocenters. The van der Waals surface area contributed by atoms with Crippen molar-refractivity contribution in [3.05, 3.63) is 59.0 Å². The predicted molar refractivity (Wildman–Crippen MR) is 84.4 cm³/mol. The lowest BCUT2D eigenvalue weighted by Crippen LogP contribution is -1.99. The van der Waals surface area contributed by atoms with E-state index in [9.17, 15) is 4.79 Å². The summed E-state index contributed by atoms with van der Waals surface area (Å²) >= 11 is 0. The van der Waals surface area contributed by atoms with Gasteiger partial charge in [-0.05, 0) is 18.2 Å². The molecule has 4 aromatic rings. The summed E-state index contributed by atoms with van der Waals surface area (Å²) in [7, 11) is 1.88. The van der Waals surface area contributed by atoms with E-state index in [1.165, 1.54) is 0 Å². The largest absolute Gasteiger partial charge is 0.325 e. The van der Waals surface area contributed by atoms with Gasteiger partial charge in [-0.1, -0.05) is 30.3 Å². The van der Waals surface area contributed by atoms with E-state index in [2.05, 4.69) is 20.1 Å². The van der Waals surface area contributed by atoms with Crippen molar-refractivity contribution in [2.45, 2.75) is 0 Å². The molecule has 4 rings (SSSR count). The Morgan fingerprint density at radius 1 is 1.00 bits per heavy atom.